The fraction of sp³-hybridized carbons (Fsp3) is 0.500. The maximum Gasteiger partial charge on any atom is 0.326 e. The zero-order chi connectivity index (χ0) is 13.7. The minimum Gasteiger partial charge on any atom is -0.480 e. The smallest absolute Gasteiger partial charge is 0.326 e. The molecule has 1 aromatic rings. The van der Waals surface area contributed by atoms with E-state index >= 15 is 0 Å². The number of rotatable bonds is 6. The first-order chi connectivity index (χ1) is 8.43. The zero-order valence-corrected chi connectivity index (χ0v) is 11.4. The van der Waals surface area contributed by atoms with Crippen molar-refractivity contribution in [2.45, 2.75) is 31.4 Å². The number of hydrogen-bond acceptors (Lipinski definition) is 4. The van der Waals surface area contributed by atoms with E-state index in [0.717, 1.165) is 0 Å². The molecule has 0 fully saturated rings. The van der Waals surface area contributed by atoms with Gasteiger partial charge >= 0.3 is 5.97 Å². The van der Waals surface area contributed by atoms with Crippen molar-refractivity contribution in [1.29, 1.82) is 0 Å². The fourth-order valence-electron chi connectivity index (χ4n) is 1.47. The number of carbonyl (C=O) groups excluding carboxylic acids is 1. The second-order valence-electron chi connectivity index (χ2n) is 4.32. The lowest BCUT2D eigenvalue weighted by molar-refractivity contribution is -0.139. The summed E-state index contributed by atoms with van der Waals surface area (Å²) >= 11 is 1.38. The van der Waals surface area contributed by atoms with Crippen LogP contribution in [0.25, 0.3) is 0 Å². The molecule has 1 rings (SSSR count). The van der Waals surface area contributed by atoms with Crippen LogP contribution in [0.3, 0.4) is 0 Å². The summed E-state index contributed by atoms with van der Waals surface area (Å²) < 4.78 is 5.24. The summed E-state index contributed by atoms with van der Waals surface area (Å²) in [7, 11) is 0. The third-order valence-electron chi connectivity index (χ3n) is 2.32. The van der Waals surface area contributed by atoms with Gasteiger partial charge in [-0.25, -0.2) is 4.79 Å². The van der Waals surface area contributed by atoms with Crippen molar-refractivity contribution >= 4 is 23.6 Å². The van der Waals surface area contributed by atoms with E-state index in [4.69, 9.17) is 9.52 Å². The number of carbonyl (C=O) groups is 2. The lowest BCUT2D eigenvalue weighted by Crippen LogP contribution is -2.41. The highest BCUT2D eigenvalue weighted by Crippen LogP contribution is 2.18. The Balaban J connectivity index is 2.69. The van der Waals surface area contributed by atoms with Gasteiger partial charge in [0.25, 0.3) is 5.91 Å². The van der Waals surface area contributed by atoms with Gasteiger partial charge in [-0.1, -0.05) is 25.6 Å². The molecule has 0 aliphatic rings. The molecule has 1 amide bonds. The van der Waals surface area contributed by atoms with E-state index in [-0.39, 0.29) is 11.7 Å². The molecule has 6 heteroatoms. The fourth-order valence-corrected chi connectivity index (χ4v) is 1.85. The van der Waals surface area contributed by atoms with E-state index in [2.05, 4.69) is 5.32 Å². The molecule has 1 heterocycles. The van der Waals surface area contributed by atoms with E-state index < -0.39 is 17.9 Å². The molecule has 0 bridgehead atoms. The SMILES string of the molecule is CSc1ccc(C(=O)N[C@@H](CC(C)C)C(=O)O)o1. The highest BCUT2D eigenvalue weighted by molar-refractivity contribution is 7.98. The Morgan fingerprint density at radius 2 is 2.11 bits per heavy atom. The maximum atomic E-state index is 11.8. The number of amides is 1. The van der Waals surface area contributed by atoms with Crippen LogP contribution in [0.2, 0.25) is 0 Å². The molecule has 0 spiro atoms. The third-order valence-corrected chi connectivity index (χ3v) is 2.94. The highest BCUT2D eigenvalue weighted by Gasteiger charge is 2.23. The molecule has 100 valence electrons. The van der Waals surface area contributed by atoms with Crippen molar-refractivity contribution in [2.75, 3.05) is 6.26 Å². The lowest BCUT2D eigenvalue weighted by Gasteiger charge is -2.15. The average molecular weight is 271 g/mol. The van der Waals surface area contributed by atoms with Gasteiger partial charge < -0.3 is 14.8 Å². The Labute approximate surface area is 110 Å². The summed E-state index contributed by atoms with van der Waals surface area (Å²) in [6.45, 7) is 3.81. The van der Waals surface area contributed by atoms with Gasteiger partial charge in [-0.15, -0.1) is 0 Å². The minimum absolute atomic E-state index is 0.134. The largest absolute Gasteiger partial charge is 0.480 e. The second kappa shape index (κ2) is 6.49. The van der Waals surface area contributed by atoms with Crippen LogP contribution in [-0.4, -0.2) is 29.3 Å². The van der Waals surface area contributed by atoms with Crippen molar-refractivity contribution in [2.24, 2.45) is 5.92 Å². The Morgan fingerprint density at radius 3 is 2.56 bits per heavy atom. The summed E-state index contributed by atoms with van der Waals surface area (Å²) in [4.78, 5) is 22.8. The normalized spacial score (nSPS) is 12.4. The Bertz CT molecular complexity index is 427. The molecule has 0 radical (unpaired) electrons. The van der Waals surface area contributed by atoms with Crippen LogP contribution in [0.4, 0.5) is 0 Å². The number of aliphatic carboxylic acids is 1. The lowest BCUT2D eigenvalue weighted by atomic mass is 10.0. The molecule has 1 aromatic heterocycles. The Morgan fingerprint density at radius 1 is 1.44 bits per heavy atom. The number of hydrogen-bond donors (Lipinski definition) is 2. The molecule has 0 saturated heterocycles. The molecule has 0 aromatic carbocycles. The second-order valence-corrected chi connectivity index (χ2v) is 5.13. The summed E-state index contributed by atoms with van der Waals surface area (Å²) in [6.07, 6.45) is 2.22. The molecule has 0 saturated carbocycles. The van der Waals surface area contributed by atoms with Crippen molar-refractivity contribution < 1.29 is 19.1 Å². The van der Waals surface area contributed by atoms with Crippen molar-refractivity contribution in [1.82, 2.24) is 5.32 Å². The van der Waals surface area contributed by atoms with Crippen LogP contribution in [0.15, 0.2) is 21.6 Å². The summed E-state index contributed by atoms with van der Waals surface area (Å²) in [5.41, 5.74) is 0. The molecule has 2 N–H and O–H groups in total. The summed E-state index contributed by atoms with van der Waals surface area (Å²) in [5, 5.41) is 12.1. The van der Waals surface area contributed by atoms with Gasteiger partial charge in [0.05, 0.1) is 0 Å². The zero-order valence-electron chi connectivity index (χ0n) is 10.6. The van der Waals surface area contributed by atoms with Gasteiger partial charge in [0, 0.05) is 0 Å². The molecule has 1 atom stereocenters. The first-order valence-corrected chi connectivity index (χ1v) is 6.84. The first-order valence-electron chi connectivity index (χ1n) is 5.61. The molecular formula is C12H17NO4S. The highest BCUT2D eigenvalue weighted by atomic mass is 32.2. The number of carboxylic acid groups (broad SMARTS) is 1. The van der Waals surface area contributed by atoms with Crippen LogP contribution in [0, 0.1) is 5.92 Å². The standard InChI is InChI=1S/C12H17NO4S/c1-7(2)6-8(12(15)16)13-11(14)9-4-5-10(17-9)18-3/h4-5,7-8H,6H2,1-3H3,(H,13,14)(H,15,16)/t8-/m0/s1. The third kappa shape index (κ3) is 4.10. The van der Waals surface area contributed by atoms with Crippen LogP contribution in [-0.2, 0) is 4.79 Å². The number of carboxylic acids is 1. The van der Waals surface area contributed by atoms with Gasteiger partial charge in [-0.05, 0) is 30.7 Å². The maximum absolute atomic E-state index is 11.8. The molecular weight excluding hydrogens is 254 g/mol. The Hall–Kier alpha value is -1.43. The van der Waals surface area contributed by atoms with Gasteiger partial charge in [-0.2, -0.15) is 0 Å². The van der Waals surface area contributed by atoms with Crippen LogP contribution >= 0.6 is 11.8 Å². The topological polar surface area (TPSA) is 79.5 Å². The van der Waals surface area contributed by atoms with Gasteiger partial charge in [-0.3, -0.25) is 4.79 Å². The molecule has 18 heavy (non-hydrogen) atoms. The first kappa shape index (κ1) is 14.6. The predicted octanol–water partition coefficient (Wildman–Crippen LogP) is 2.23. The number of thioether (sulfide) groups is 1. The van der Waals surface area contributed by atoms with Gasteiger partial charge in [0.2, 0.25) is 0 Å². The van der Waals surface area contributed by atoms with Crippen LogP contribution in [0.1, 0.15) is 30.8 Å². The monoisotopic (exact) mass is 271 g/mol. The summed E-state index contributed by atoms with van der Waals surface area (Å²) in [5.74, 6) is -1.21. The van der Waals surface area contributed by atoms with E-state index in [0.29, 0.717) is 11.5 Å². The molecule has 0 unspecified atom stereocenters. The molecule has 0 aliphatic heterocycles. The van der Waals surface area contributed by atoms with Gasteiger partial charge in [0.15, 0.2) is 10.9 Å². The van der Waals surface area contributed by atoms with Crippen LogP contribution < -0.4 is 5.32 Å². The van der Waals surface area contributed by atoms with E-state index in [1.54, 1.807) is 6.07 Å². The molecule has 0 aliphatic carbocycles. The van der Waals surface area contributed by atoms with Crippen LogP contribution in [0.5, 0.6) is 0 Å². The van der Waals surface area contributed by atoms with E-state index in [1.807, 2.05) is 20.1 Å². The predicted molar refractivity (Wildman–Crippen MR) is 68.8 cm³/mol. The van der Waals surface area contributed by atoms with Crippen molar-refractivity contribution in [3.63, 3.8) is 0 Å². The van der Waals surface area contributed by atoms with Crippen molar-refractivity contribution in [3.8, 4) is 0 Å². The quantitative estimate of drug-likeness (QED) is 0.776. The minimum atomic E-state index is -1.03. The number of nitrogens with one attached hydrogen (secondary N) is 1. The van der Waals surface area contributed by atoms with E-state index in [1.165, 1.54) is 17.8 Å². The van der Waals surface area contributed by atoms with Crippen molar-refractivity contribution in [3.05, 3.63) is 17.9 Å². The Kier molecular flexibility index (Phi) is 5.27. The summed E-state index contributed by atoms with van der Waals surface area (Å²) in [6, 6.07) is 2.33. The van der Waals surface area contributed by atoms with E-state index in [9.17, 15) is 9.59 Å². The number of furan rings is 1. The average Bonchev–Trinajstić information content (AvgIpc) is 2.75. The molecule has 5 nitrogen and oxygen atoms in total. The van der Waals surface area contributed by atoms with Gasteiger partial charge in [0.1, 0.15) is 6.04 Å².